The van der Waals surface area contributed by atoms with Crippen molar-refractivity contribution in [2.45, 2.75) is 6.92 Å². The van der Waals surface area contributed by atoms with E-state index in [2.05, 4.69) is 10.3 Å². The number of hydrogen-bond acceptors (Lipinski definition) is 7. The minimum atomic E-state index is -1.26. The number of aliphatic carboxylic acids is 2. The molecule has 0 aliphatic rings. The van der Waals surface area contributed by atoms with Gasteiger partial charge in [-0.15, -0.1) is 0 Å². The van der Waals surface area contributed by atoms with Crippen molar-refractivity contribution in [3.63, 3.8) is 0 Å². The maximum absolute atomic E-state index is 12.9. The first kappa shape index (κ1) is 23.9. The molecule has 5 N–H and O–H groups in total. The maximum atomic E-state index is 12.9. The van der Waals surface area contributed by atoms with E-state index >= 15 is 0 Å². The van der Waals surface area contributed by atoms with E-state index in [-0.39, 0.29) is 18.2 Å². The summed E-state index contributed by atoms with van der Waals surface area (Å²) in [6, 6.07) is 9.34. The van der Waals surface area contributed by atoms with Gasteiger partial charge in [0.25, 0.3) is 0 Å². The van der Waals surface area contributed by atoms with Crippen LogP contribution in [0.4, 0.5) is 32.2 Å². The van der Waals surface area contributed by atoms with E-state index in [4.69, 9.17) is 20.7 Å². The Kier molecular flexibility index (Phi) is 9.27. The zero-order chi connectivity index (χ0) is 22.7. The molecule has 0 spiro atoms. The highest BCUT2D eigenvalue weighted by Crippen LogP contribution is 2.26. The Bertz CT molecular complexity index is 902. The van der Waals surface area contributed by atoms with Gasteiger partial charge < -0.3 is 25.6 Å². The minimum Gasteiger partial charge on any atom is -0.478 e. The zero-order valence-electron chi connectivity index (χ0n) is 16.2. The third-order valence-corrected chi connectivity index (χ3v) is 3.35. The van der Waals surface area contributed by atoms with Crippen LogP contribution in [-0.4, -0.2) is 46.9 Å². The summed E-state index contributed by atoms with van der Waals surface area (Å²) >= 11 is 0. The van der Waals surface area contributed by atoms with E-state index < -0.39 is 18.0 Å². The number of pyridine rings is 1. The molecule has 10 nitrogen and oxygen atoms in total. The van der Waals surface area contributed by atoms with Crippen LogP contribution in [0.5, 0.6) is 0 Å². The van der Waals surface area contributed by atoms with Gasteiger partial charge in [-0.25, -0.2) is 23.8 Å². The van der Waals surface area contributed by atoms with Gasteiger partial charge in [-0.3, -0.25) is 5.32 Å². The van der Waals surface area contributed by atoms with E-state index in [1.54, 1.807) is 43.1 Å². The molecule has 1 heterocycles. The first-order valence-corrected chi connectivity index (χ1v) is 8.47. The van der Waals surface area contributed by atoms with Crippen LogP contribution < -0.4 is 16.0 Å². The number of aromatic nitrogens is 1. The molecule has 2 rings (SSSR count). The highest BCUT2D eigenvalue weighted by molar-refractivity contribution is 5.89. The summed E-state index contributed by atoms with van der Waals surface area (Å²) in [7, 11) is 1.79. The van der Waals surface area contributed by atoms with Crippen molar-refractivity contribution in [1.82, 2.24) is 4.98 Å². The normalized spacial score (nSPS) is 9.97. The number of rotatable bonds is 6. The number of nitrogens with one attached hydrogen (secondary N) is 1. The van der Waals surface area contributed by atoms with Crippen molar-refractivity contribution in [3.8, 4) is 0 Å². The second-order valence-electron chi connectivity index (χ2n) is 5.49. The molecule has 0 fully saturated rings. The van der Waals surface area contributed by atoms with Gasteiger partial charge >= 0.3 is 18.0 Å². The Hall–Kier alpha value is -4.15. The van der Waals surface area contributed by atoms with Crippen molar-refractivity contribution >= 4 is 41.0 Å². The largest absolute Gasteiger partial charge is 0.478 e. The van der Waals surface area contributed by atoms with Gasteiger partial charge in [0.05, 0.1) is 12.3 Å². The summed E-state index contributed by atoms with van der Waals surface area (Å²) in [5.74, 6) is -2.09. The molecule has 2 aromatic rings. The van der Waals surface area contributed by atoms with Crippen LogP contribution in [0.1, 0.15) is 6.92 Å². The SMILES string of the molecule is CCOC(=O)Nc1ccc(N(C)c2ccc(F)cc2)nc1N.O=C(O)/C=C\C(=O)O. The maximum Gasteiger partial charge on any atom is 0.411 e. The number of carboxylic acids is 2. The number of benzene rings is 1. The second kappa shape index (κ2) is 11.6. The average molecular weight is 420 g/mol. The summed E-state index contributed by atoms with van der Waals surface area (Å²) in [5, 5.41) is 18.1. The van der Waals surface area contributed by atoms with Crippen LogP contribution in [0.2, 0.25) is 0 Å². The molecule has 0 aliphatic carbocycles. The minimum absolute atomic E-state index is 0.166. The van der Waals surface area contributed by atoms with Crippen molar-refractivity contribution in [3.05, 3.63) is 54.4 Å². The Morgan fingerprint density at radius 2 is 1.70 bits per heavy atom. The van der Waals surface area contributed by atoms with Gasteiger partial charge in [0.2, 0.25) is 0 Å². The van der Waals surface area contributed by atoms with E-state index in [0.29, 0.717) is 23.7 Å². The van der Waals surface area contributed by atoms with Crippen LogP contribution in [0, 0.1) is 5.82 Å². The topological polar surface area (TPSA) is 155 Å². The number of nitrogen functional groups attached to an aromatic ring is 1. The van der Waals surface area contributed by atoms with E-state index in [9.17, 15) is 18.8 Å². The summed E-state index contributed by atoms with van der Waals surface area (Å²) in [5.41, 5.74) is 6.97. The van der Waals surface area contributed by atoms with Gasteiger partial charge in [0.1, 0.15) is 17.5 Å². The number of halogens is 1. The standard InChI is InChI=1S/C15H17FN4O2.C4H4O4/c1-3-22-15(21)18-12-8-9-13(19-14(12)17)20(2)11-6-4-10(16)5-7-11;5-3(6)1-2-4(7)8/h4-9H,3H2,1-2H3,(H2,17,19)(H,18,21);1-2H,(H,5,6)(H,7,8)/b;2-1-. The Balaban J connectivity index is 0.000000479. The van der Waals surface area contributed by atoms with Gasteiger partial charge in [0.15, 0.2) is 0 Å². The lowest BCUT2D eigenvalue weighted by Crippen LogP contribution is -2.16. The Labute approximate surface area is 171 Å². The lowest BCUT2D eigenvalue weighted by atomic mass is 10.3. The van der Waals surface area contributed by atoms with Crippen molar-refractivity contribution in [1.29, 1.82) is 0 Å². The zero-order valence-corrected chi connectivity index (χ0v) is 16.2. The number of anilines is 4. The van der Waals surface area contributed by atoms with Crippen LogP contribution in [-0.2, 0) is 14.3 Å². The van der Waals surface area contributed by atoms with Crippen molar-refractivity contribution < 1.29 is 33.7 Å². The molecule has 1 aromatic heterocycles. The molecule has 1 amide bonds. The second-order valence-corrected chi connectivity index (χ2v) is 5.49. The molecule has 160 valence electrons. The fourth-order valence-corrected chi connectivity index (χ4v) is 1.97. The van der Waals surface area contributed by atoms with E-state index in [0.717, 1.165) is 5.69 Å². The lowest BCUT2D eigenvalue weighted by Gasteiger charge is -2.19. The number of carbonyl (C=O) groups is 3. The lowest BCUT2D eigenvalue weighted by molar-refractivity contribution is -0.134. The number of nitrogens with two attached hydrogens (primary N) is 1. The van der Waals surface area contributed by atoms with Gasteiger partial charge in [0, 0.05) is 24.9 Å². The van der Waals surface area contributed by atoms with Gasteiger partial charge in [-0.05, 0) is 43.3 Å². The number of carboxylic acid groups (broad SMARTS) is 2. The monoisotopic (exact) mass is 420 g/mol. The smallest absolute Gasteiger partial charge is 0.411 e. The first-order valence-electron chi connectivity index (χ1n) is 8.47. The average Bonchev–Trinajstić information content (AvgIpc) is 2.68. The number of amides is 1. The van der Waals surface area contributed by atoms with Crippen LogP contribution in [0.15, 0.2) is 48.6 Å². The number of carbonyl (C=O) groups excluding carboxylic acids is 1. The summed E-state index contributed by atoms with van der Waals surface area (Å²) < 4.78 is 17.7. The molecule has 0 bridgehead atoms. The van der Waals surface area contributed by atoms with Crippen LogP contribution >= 0.6 is 0 Å². The number of hydrogen-bond donors (Lipinski definition) is 4. The van der Waals surface area contributed by atoms with Crippen molar-refractivity contribution in [2.75, 3.05) is 29.6 Å². The molecule has 30 heavy (non-hydrogen) atoms. The quantitative estimate of drug-likeness (QED) is 0.516. The van der Waals surface area contributed by atoms with Gasteiger partial charge in [-0.1, -0.05) is 0 Å². The van der Waals surface area contributed by atoms with E-state index in [1.165, 1.54) is 12.1 Å². The number of ether oxygens (including phenoxy) is 1. The molecule has 0 aliphatic heterocycles. The molecular formula is C19H21FN4O6. The molecule has 0 saturated heterocycles. The molecule has 1 aromatic carbocycles. The molecular weight excluding hydrogens is 399 g/mol. The van der Waals surface area contributed by atoms with Gasteiger partial charge in [-0.2, -0.15) is 0 Å². The predicted molar refractivity (Wildman–Crippen MR) is 108 cm³/mol. The Morgan fingerprint density at radius 3 is 2.17 bits per heavy atom. The van der Waals surface area contributed by atoms with Crippen LogP contribution in [0.3, 0.4) is 0 Å². The predicted octanol–water partition coefficient (Wildman–Crippen LogP) is 2.85. The summed E-state index contributed by atoms with van der Waals surface area (Å²) in [4.78, 5) is 36.5. The molecule has 0 saturated carbocycles. The molecule has 0 radical (unpaired) electrons. The third kappa shape index (κ3) is 8.25. The Morgan fingerprint density at radius 1 is 1.13 bits per heavy atom. The third-order valence-electron chi connectivity index (χ3n) is 3.35. The van der Waals surface area contributed by atoms with E-state index in [1.807, 2.05) is 0 Å². The summed E-state index contributed by atoms with van der Waals surface area (Å²) in [6.45, 7) is 1.98. The molecule has 0 atom stereocenters. The first-order chi connectivity index (χ1) is 14.1. The van der Waals surface area contributed by atoms with Crippen molar-refractivity contribution in [2.24, 2.45) is 0 Å². The van der Waals surface area contributed by atoms with Crippen LogP contribution in [0.25, 0.3) is 0 Å². The highest BCUT2D eigenvalue weighted by atomic mass is 19.1. The fourth-order valence-electron chi connectivity index (χ4n) is 1.97. The fraction of sp³-hybridized carbons (Fsp3) is 0.158. The molecule has 11 heteroatoms. The number of nitrogens with zero attached hydrogens (tertiary/aromatic N) is 2. The molecule has 0 unspecified atom stereocenters. The summed E-state index contributed by atoms with van der Waals surface area (Å²) in [6.07, 6.45) is 0.528. The highest BCUT2D eigenvalue weighted by Gasteiger charge is 2.11.